The van der Waals surface area contributed by atoms with Crippen LogP contribution in [0.2, 0.25) is 0 Å². The van der Waals surface area contributed by atoms with E-state index in [-0.39, 0.29) is 24.5 Å². The normalized spacial score (nSPS) is 15.2. The number of amides is 2. The molecule has 1 atom stereocenters. The lowest BCUT2D eigenvalue weighted by atomic mass is 10.1. The van der Waals surface area contributed by atoms with E-state index < -0.39 is 12.0 Å². The number of carbonyl (C=O) groups is 3. The number of esters is 1. The van der Waals surface area contributed by atoms with Crippen molar-refractivity contribution in [3.63, 3.8) is 0 Å². The first-order chi connectivity index (χ1) is 13.0. The Balaban J connectivity index is 1.88. The number of hydrogen-bond acceptors (Lipinski definition) is 5. The molecular formula is C20H28N2O4S. The van der Waals surface area contributed by atoms with E-state index in [1.807, 2.05) is 19.2 Å². The van der Waals surface area contributed by atoms with Crippen molar-refractivity contribution < 1.29 is 19.1 Å². The molecule has 1 aliphatic carbocycles. The maximum absolute atomic E-state index is 12.4. The summed E-state index contributed by atoms with van der Waals surface area (Å²) in [6.45, 7) is 1.59. The molecule has 6 nitrogen and oxygen atoms in total. The van der Waals surface area contributed by atoms with Gasteiger partial charge in [-0.15, -0.1) is 0 Å². The largest absolute Gasteiger partial charge is 0.454 e. The highest BCUT2D eigenvalue weighted by Gasteiger charge is 2.24. The van der Waals surface area contributed by atoms with E-state index in [1.165, 1.54) is 0 Å². The molecule has 0 radical (unpaired) electrons. The molecule has 7 heteroatoms. The lowest BCUT2D eigenvalue weighted by Crippen LogP contribution is -2.44. The number of hydrogen-bond donors (Lipinski definition) is 2. The summed E-state index contributed by atoms with van der Waals surface area (Å²) in [7, 11) is 0. The molecule has 0 aromatic heterocycles. The fourth-order valence-electron chi connectivity index (χ4n) is 3.09. The molecule has 1 fully saturated rings. The Morgan fingerprint density at radius 2 is 2.00 bits per heavy atom. The molecule has 0 unspecified atom stereocenters. The second kappa shape index (κ2) is 11.0. The third kappa shape index (κ3) is 7.25. The molecular weight excluding hydrogens is 364 g/mol. The average molecular weight is 393 g/mol. The molecule has 1 saturated carbocycles. The van der Waals surface area contributed by atoms with Crippen molar-refractivity contribution >= 4 is 29.5 Å². The second-order valence-electron chi connectivity index (χ2n) is 6.83. The van der Waals surface area contributed by atoms with Gasteiger partial charge in [0, 0.05) is 11.6 Å². The molecule has 0 spiro atoms. The molecule has 1 aromatic rings. The van der Waals surface area contributed by atoms with Crippen molar-refractivity contribution in [2.24, 2.45) is 0 Å². The summed E-state index contributed by atoms with van der Waals surface area (Å²) in [5.74, 6) is -0.491. The third-order valence-electron chi connectivity index (χ3n) is 4.55. The van der Waals surface area contributed by atoms with E-state index >= 15 is 0 Å². The molecule has 0 saturated heterocycles. The van der Waals surface area contributed by atoms with Gasteiger partial charge in [0.2, 0.25) is 0 Å². The molecule has 0 aliphatic heterocycles. The van der Waals surface area contributed by atoms with Gasteiger partial charge >= 0.3 is 5.97 Å². The first-order valence-corrected chi connectivity index (χ1v) is 10.7. The van der Waals surface area contributed by atoms with Crippen LogP contribution in [0.4, 0.5) is 0 Å². The number of aryl methyl sites for hydroxylation is 1. The summed E-state index contributed by atoms with van der Waals surface area (Å²) < 4.78 is 5.16. The van der Waals surface area contributed by atoms with Crippen LogP contribution >= 0.6 is 11.8 Å². The summed E-state index contributed by atoms with van der Waals surface area (Å²) in [5, 5.41) is 5.61. The van der Waals surface area contributed by atoms with Crippen LogP contribution < -0.4 is 10.6 Å². The van der Waals surface area contributed by atoms with Gasteiger partial charge in [0.1, 0.15) is 6.04 Å². The summed E-state index contributed by atoms with van der Waals surface area (Å²) in [6.07, 6.45) is 6.56. The van der Waals surface area contributed by atoms with E-state index in [4.69, 9.17) is 4.74 Å². The van der Waals surface area contributed by atoms with Gasteiger partial charge in [-0.25, -0.2) is 4.79 Å². The van der Waals surface area contributed by atoms with E-state index in [9.17, 15) is 14.4 Å². The van der Waals surface area contributed by atoms with Crippen LogP contribution in [0.1, 0.15) is 48.0 Å². The summed E-state index contributed by atoms with van der Waals surface area (Å²) in [6, 6.07) is 6.58. The lowest BCUT2D eigenvalue weighted by Gasteiger charge is -2.18. The van der Waals surface area contributed by atoms with Gasteiger partial charge in [0.05, 0.1) is 0 Å². The van der Waals surface area contributed by atoms with E-state index in [2.05, 4.69) is 10.6 Å². The molecule has 0 bridgehead atoms. The zero-order chi connectivity index (χ0) is 19.6. The Hall–Kier alpha value is -2.02. The predicted octanol–water partition coefficient (Wildman–Crippen LogP) is 2.45. The molecule has 27 heavy (non-hydrogen) atoms. The zero-order valence-corrected chi connectivity index (χ0v) is 16.8. The highest BCUT2D eigenvalue weighted by Crippen LogP contribution is 2.17. The van der Waals surface area contributed by atoms with Crippen LogP contribution in [0, 0.1) is 6.92 Å². The van der Waals surface area contributed by atoms with E-state index in [1.54, 1.807) is 30.0 Å². The van der Waals surface area contributed by atoms with Crippen LogP contribution in [-0.2, 0) is 14.3 Å². The molecule has 148 valence electrons. The first kappa shape index (κ1) is 21.3. The van der Waals surface area contributed by atoms with Gasteiger partial charge in [-0.05, 0) is 50.3 Å². The van der Waals surface area contributed by atoms with Gasteiger partial charge in [0.15, 0.2) is 6.61 Å². The molecule has 2 amide bonds. The number of ether oxygens (including phenoxy) is 1. The number of carbonyl (C=O) groups excluding carboxylic acids is 3. The Kier molecular flexibility index (Phi) is 8.64. The standard InChI is InChI=1S/C20H28N2O4S/c1-14-6-5-7-15(12-14)19(24)22-17(10-11-27-2)20(25)26-13-18(23)21-16-8-3-4-9-16/h5-7,12,16-17H,3-4,8-11,13H2,1-2H3,(H,21,23)(H,22,24)/t17-/m1/s1. The monoisotopic (exact) mass is 392 g/mol. The first-order valence-electron chi connectivity index (χ1n) is 9.32. The van der Waals surface area contributed by atoms with Crippen LogP contribution in [0.5, 0.6) is 0 Å². The minimum Gasteiger partial charge on any atom is -0.454 e. The number of thioether (sulfide) groups is 1. The SMILES string of the molecule is CSCC[C@@H](NC(=O)c1cccc(C)c1)C(=O)OCC(=O)NC1CCCC1. The lowest BCUT2D eigenvalue weighted by molar-refractivity contribution is -0.150. The number of nitrogens with one attached hydrogen (secondary N) is 2. The van der Waals surface area contributed by atoms with Crippen LogP contribution in [0.3, 0.4) is 0 Å². The van der Waals surface area contributed by atoms with Crippen molar-refractivity contribution in [3.8, 4) is 0 Å². The van der Waals surface area contributed by atoms with Gasteiger partial charge in [0.25, 0.3) is 11.8 Å². The number of rotatable bonds is 9. The zero-order valence-electron chi connectivity index (χ0n) is 16.0. The van der Waals surface area contributed by atoms with Crippen molar-refractivity contribution in [1.82, 2.24) is 10.6 Å². The minimum absolute atomic E-state index is 0.185. The predicted molar refractivity (Wildman–Crippen MR) is 107 cm³/mol. The summed E-state index contributed by atoms with van der Waals surface area (Å²) in [5.41, 5.74) is 1.46. The average Bonchev–Trinajstić information content (AvgIpc) is 3.15. The van der Waals surface area contributed by atoms with Gasteiger partial charge < -0.3 is 15.4 Å². The Morgan fingerprint density at radius 1 is 1.26 bits per heavy atom. The smallest absolute Gasteiger partial charge is 0.329 e. The molecule has 1 aromatic carbocycles. The van der Waals surface area contributed by atoms with Gasteiger partial charge in [-0.1, -0.05) is 30.5 Å². The fraction of sp³-hybridized carbons (Fsp3) is 0.550. The Labute approximate surface area is 164 Å². The highest BCUT2D eigenvalue weighted by atomic mass is 32.2. The van der Waals surface area contributed by atoms with Crippen molar-refractivity contribution in [1.29, 1.82) is 0 Å². The minimum atomic E-state index is -0.773. The third-order valence-corrected chi connectivity index (χ3v) is 5.19. The summed E-state index contributed by atoms with van der Waals surface area (Å²) in [4.78, 5) is 36.8. The van der Waals surface area contributed by atoms with Crippen LogP contribution in [-0.4, -0.2) is 48.5 Å². The molecule has 2 rings (SSSR count). The van der Waals surface area contributed by atoms with Crippen molar-refractivity contribution in [2.75, 3.05) is 18.6 Å². The quantitative estimate of drug-likeness (QED) is 0.631. The molecule has 2 N–H and O–H groups in total. The fourth-order valence-corrected chi connectivity index (χ4v) is 3.56. The molecule has 0 heterocycles. The Bertz CT molecular complexity index is 659. The van der Waals surface area contributed by atoms with Gasteiger partial charge in [-0.3, -0.25) is 9.59 Å². The highest BCUT2D eigenvalue weighted by molar-refractivity contribution is 7.98. The van der Waals surface area contributed by atoms with Crippen LogP contribution in [0.15, 0.2) is 24.3 Å². The van der Waals surface area contributed by atoms with Crippen molar-refractivity contribution in [3.05, 3.63) is 35.4 Å². The van der Waals surface area contributed by atoms with Crippen molar-refractivity contribution in [2.45, 2.75) is 51.1 Å². The maximum atomic E-state index is 12.4. The van der Waals surface area contributed by atoms with E-state index in [0.717, 1.165) is 31.2 Å². The second-order valence-corrected chi connectivity index (χ2v) is 7.82. The maximum Gasteiger partial charge on any atom is 0.329 e. The number of benzene rings is 1. The topological polar surface area (TPSA) is 84.5 Å². The van der Waals surface area contributed by atoms with Crippen LogP contribution in [0.25, 0.3) is 0 Å². The van der Waals surface area contributed by atoms with Gasteiger partial charge in [-0.2, -0.15) is 11.8 Å². The molecule has 1 aliphatic rings. The summed E-state index contributed by atoms with van der Waals surface area (Å²) >= 11 is 1.58. The Morgan fingerprint density at radius 3 is 2.67 bits per heavy atom. The van der Waals surface area contributed by atoms with E-state index in [0.29, 0.717) is 17.7 Å².